The van der Waals surface area contributed by atoms with Crippen LogP contribution < -0.4 is 4.72 Å². The van der Waals surface area contributed by atoms with Crippen molar-refractivity contribution in [2.45, 2.75) is 18.4 Å². The summed E-state index contributed by atoms with van der Waals surface area (Å²) in [6.45, 7) is 2.87. The summed E-state index contributed by atoms with van der Waals surface area (Å²) in [6.07, 6.45) is 2.77. The summed E-state index contributed by atoms with van der Waals surface area (Å²) in [7, 11) is -3.99. The average molecular weight is 443 g/mol. The van der Waals surface area contributed by atoms with Crippen LogP contribution in [0.15, 0.2) is 71.6 Å². The Morgan fingerprint density at radius 1 is 0.969 bits per heavy atom. The topological polar surface area (TPSA) is 105 Å². The van der Waals surface area contributed by atoms with E-state index >= 15 is 0 Å². The Labute approximate surface area is 184 Å². The molecule has 7 nitrogen and oxygen atoms in total. The van der Waals surface area contributed by atoms with Gasteiger partial charge in [0, 0.05) is 51.2 Å². The third-order valence-corrected chi connectivity index (χ3v) is 7.13. The van der Waals surface area contributed by atoms with Gasteiger partial charge in [0.05, 0.1) is 4.90 Å². The molecule has 1 aromatic heterocycles. The summed E-state index contributed by atoms with van der Waals surface area (Å²) >= 11 is 0. The van der Waals surface area contributed by atoms with E-state index < -0.39 is 15.8 Å². The lowest BCUT2D eigenvalue weighted by Gasteiger charge is -2.14. The molecule has 158 valence electrons. The van der Waals surface area contributed by atoms with Crippen molar-refractivity contribution in [3.63, 3.8) is 0 Å². The van der Waals surface area contributed by atoms with Crippen molar-refractivity contribution in [1.29, 1.82) is 0 Å². The van der Waals surface area contributed by atoms with Crippen LogP contribution in [0.25, 0.3) is 33.4 Å². The van der Waals surface area contributed by atoms with Gasteiger partial charge >= 0.3 is 5.71 Å². The van der Waals surface area contributed by atoms with Gasteiger partial charge in [-0.15, -0.1) is 0 Å². The number of sulfonamides is 1. The molecule has 0 saturated carbocycles. The fraction of sp³-hybridized carbons (Fsp3) is 0.0833. The van der Waals surface area contributed by atoms with Crippen LogP contribution in [-0.4, -0.2) is 29.3 Å². The molecule has 4 aromatic rings. The van der Waals surface area contributed by atoms with E-state index in [0.29, 0.717) is 5.69 Å². The first-order valence-electron chi connectivity index (χ1n) is 10.1. The Morgan fingerprint density at radius 3 is 2.53 bits per heavy atom. The number of para-hydroxylation sites is 1. The molecular weight excluding hydrogens is 424 g/mol. The van der Waals surface area contributed by atoms with Gasteiger partial charge in [0.25, 0.3) is 15.8 Å². The summed E-state index contributed by atoms with van der Waals surface area (Å²) in [5.41, 5.74) is 11.8. The molecule has 32 heavy (non-hydrogen) atoms. The first kappa shape index (κ1) is 19.9. The zero-order valence-corrected chi connectivity index (χ0v) is 17.9. The highest BCUT2D eigenvalue weighted by Crippen LogP contribution is 2.32. The number of carbonyl (C=O) groups excluding carboxylic acids is 1. The second-order valence-electron chi connectivity index (χ2n) is 7.46. The number of nitrogens with zero attached hydrogens (tertiary/aromatic N) is 3. The second-order valence-corrected chi connectivity index (χ2v) is 9.11. The third-order valence-electron chi connectivity index (χ3n) is 5.69. The molecule has 3 aromatic carbocycles. The Balaban J connectivity index is 1.61. The van der Waals surface area contributed by atoms with E-state index in [1.807, 2.05) is 36.4 Å². The molecule has 1 heterocycles. The maximum absolute atomic E-state index is 13.3. The van der Waals surface area contributed by atoms with Crippen molar-refractivity contribution < 1.29 is 18.0 Å². The van der Waals surface area contributed by atoms with E-state index in [-0.39, 0.29) is 21.7 Å². The van der Waals surface area contributed by atoms with E-state index in [4.69, 9.17) is 5.53 Å². The van der Waals surface area contributed by atoms with Crippen molar-refractivity contribution in [2.24, 2.45) is 0 Å². The highest BCUT2D eigenvalue weighted by molar-refractivity contribution is 7.92. The number of aryl methyl sites for hydroxylation is 1. The zero-order valence-electron chi connectivity index (χ0n) is 17.1. The van der Waals surface area contributed by atoms with Crippen LogP contribution in [0.4, 0.5) is 5.69 Å². The van der Waals surface area contributed by atoms with Gasteiger partial charge in [0.15, 0.2) is 0 Å². The van der Waals surface area contributed by atoms with Crippen LogP contribution in [0.1, 0.15) is 22.8 Å². The highest BCUT2D eigenvalue weighted by atomic mass is 32.2. The molecule has 5 rings (SSSR count). The first-order chi connectivity index (χ1) is 15.4. The van der Waals surface area contributed by atoms with Crippen LogP contribution in [0, 0.1) is 0 Å². The fourth-order valence-corrected chi connectivity index (χ4v) is 5.54. The minimum absolute atomic E-state index is 0.0207. The molecule has 1 N–H and O–H groups in total. The van der Waals surface area contributed by atoms with Crippen LogP contribution in [0.3, 0.4) is 0 Å². The fourth-order valence-electron chi connectivity index (χ4n) is 4.27. The number of allylic oxidation sites excluding steroid dienone is 1. The minimum atomic E-state index is -3.99. The molecule has 0 radical (unpaired) electrons. The molecule has 0 atom stereocenters. The maximum atomic E-state index is 13.3. The number of rotatable bonds is 4. The first-order valence-corrected chi connectivity index (χ1v) is 11.5. The summed E-state index contributed by atoms with van der Waals surface area (Å²) in [5, 5.41) is 2.00. The lowest BCUT2D eigenvalue weighted by atomic mass is 9.95. The predicted molar refractivity (Wildman–Crippen MR) is 124 cm³/mol. The summed E-state index contributed by atoms with van der Waals surface area (Å²) in [6, 6.07) is 17.9. The lowest BCUT2D eigenvalue weighted by molar-refractivity contribution is -0.00436. The van der Waals surface area contributed by atoms with Gasteiger partial charge in [-0.2, -0.15) is 4.79 Å². The number of anilines is 1. The molecular formula is C24H18N4O3S. The largest absolute Gasteiger partial charge is 0.362 e. The van der Waals surface area contributed by atoms with E-state index in [0.717, 1.165) is 28.4 Å². The highest BCUT2D eigenvalue weighted by Gasteiger charge is 2.30. The van der Waals surface area contributed by atoms with E-state index in [9.17, 15) is 13.2 Å². The lowest BCUT2D eigenvalue weighted by Crippen LogP contribution is -2.21. The van der Waals surface area contributed by atoms with Crippen molar-refractivity contribution in [3.05, 3.63) is 83.4 Å². The van der Waals surface area contributed by atoms with Crippen LogP contribution >= 0.6 is 0 Å². The normalized spacial score (nSPS) is 13.4. The molecule has 0 unspecified atom stereocenters. The summed E-state index contributed by atoms with van der Waals surface area (Å²) in [4.78, 5) is 15.4. The number of hydrogen-bond donors (Lipinski definition) is 1. The summed E-state index contributed by atoms with van der Waals surface area (Å²) < 4.78 is 31.3. The number of aromatic nitrogens is 1. The predicted octanol–water partition coefficient (Wildman–Crippen LogP) is 4.50. The van der Waals surface area contributed by atoms with Gasteiger partial charge < -0.3 is 10.1 Å². The van der Waals surface area contributed by atoms with Gasteiger partial charge in [0.1, 0.15) is 0 Å². The van der Waals surface area contributed by atoms with Crippen LogP contribution in [0.5, 0.6) is 0 Å². The van der Waals surface area contributed by atoms with E-state index in [2.05, 4.69) is 21.0 Å². The quantitative estimate of drug-likeness (QED) is 0.372. The van der Waals surface area contributed by atoms with Crippen molar-refractivity contribution >= 4 is 55.1 Å². The van der Waals surface area contributed by atoms with E-state index in [1.165, 1.54) is 30.4 Å². The Morgan fingerprint density at radius 2 is 1.75 bits per heavy atom. The monoisotopic (exact) mass is 442 g/mol. The van der Waals surface area contributed by atoms with Crippen molar-refractivity contribution in [3.8, 4) is 0 Å². The van der Waals surface area contributed by atoms with E-state index in [1.54, 1.807) is 6.07 Å². The van der Waals surface area contributed by atoms with Gasteiger partial charge in [0.2, 0.25) is 0 Å². The number of ketones is 1. The molecule has 0 spiro atoms. The maximum Gasteiger partial charge on any atom is 0.362 e. The van der Waals surface area contributed by atoms with Crippen molar-refractivity contribution in [2.75, 3.05) is 4.72 Å². The van der Waals surface area contributed by atoms with Crippen LogP contribution in [-0.2, 0) is 16.6 Å². The van der Waals surface area contributed by atoms with Crippen molar-refractivity contribution in [1.82, 2.24) is 4.57 Å². The molecule has 0 bridgehead atoms. The SMILES string of the molecule is CCn1c2ccccc2c2cc(NS(=O)(=O)c3cccc4c3C=CC(=[N+]=[N-])C4=O)ccc21. The number of carbonyl (C=O) groups is 1. The van der Waals surface area contributed by atoms with Gasteiger partial charge in [-0.25, -0.2) is 8.42 Å². The second kappa shape index (κ2) is 7.30. The average Bonchev–Trinajstić information content (AvgIpc) is 3.12. The minimum Gasteiger partial charge on any atom is -0.361 e. The number of Topliss-reactive ketones (excluding diaryl/α,β-unsaturated/α-hetero) is 1. The number of nitrogens with one attached hydrogen (secondary N) is 1. The Bertz CT molecular complexity index is 1620. The molecule has 1 aliphatic rings. The van der Waals surface area contributed by atoms with Gasteiger partial charge in [-0.1, -0.05) is 30.3 Å². The number of fused-ring (bicyclic) bond motifs is 4. The molecule has 1 aliphatic carbocycles. The molecule has 0 saturated heterocycles. The summed E-state index contributed by atoms with van der Waals surface area (Å²) in [5.74, 6) is -0.532. The Kier molecular flexibility index (Phi) is 4.55. The molecule has 8 heteroatoms. The standard InChI is InChI=1S/C24H18N4O3S/c1-2-28-21-8-4-3-6-16(21)19-14-15(10-13-22(19)28)27-32(30,31)23-9-5-7-18-17(23)11-12-20(26-25)24(18)29/h3-14,27H,2H2,1H3. The number of hydrogen-bond acceptors (Lipinski definition) is 3. The number of benzene rings is 3. The molecule has 0 aliphatic heterocycles. The van der Waals surface area contributed by atoms with Gasteiger partial charge in [-0.3, -0.25) is 9.52 Å². The van der Waals surface area contributed by atoms with Gasteiger partial charge in [-0.05, 0) is 43.3 Å². The molecule has 0 amide bonds. The smallest absolute Gasteiger partial charge is 0.361 e. The molecule has 0 fully saturated rings. The third kappa shape index (κ3) is 2.97. The van der Waals surface area contributed by atoms with Crippen LogP contribution in [0.2, 0.25) is 0 Å². The Hall–Kier alpha value is -4.00. The zero-order chi connectivity index (χ0) is 22.5.